The molecule has 0 amide bonds. The number of nitrogens with zero attached hydrogens (tertiary/aromatic N) is 11. The van der Waals surface area contributed by atoms with E-state index >= 15 is 0 Å². The van der Waals surface area contributed by atoms with E-state index in [0.717, 1.165) is 47.1 Å². The van der Waals surface area contributed by atoms with Crippen molar-refractivity contribution in [2.75, 3.05) is 5.73 Å². The van der Waals surface area contributed by atoms with Crippen LogP contribution in [0.2, 0.25) is 0 Å². The summed E-state index contributed by atoms with van der Waals surface area (Å²) in [5.74, 6) is -3.68. The minimum absolute atomic E-state index is 0.0269. The number of fused-ring (bicyclic) bond motifs is 2. The monoisotopic (exact) mass is 1400 g/mol. The number of nitro benzene ring substituents is 1. The second-order valence-electron chi connectivity index (χ2n) is 18.4. The van der Waals surface area contributed by atoms with Crippen LogP contribution in [-0.4, -0.2) is 121 Å². The van der Waals surface area contributed by atoms with Crippen molar-refractivity contribution in [3.8, 4) is 34.3 Å². The number of phenols is 2. The van der Waals surface area contributed by atoms with E-state index < -0.39 is 206 Å². The van der Waals surface area contributed by atoms with Gasteiger partial charge in [-0.1, -0.05) is 30.3 Å². The van der Waals surface area contributed by atoms with Gasteiger partial charge in [0.05, 0.1) is 32.3 Å². The molecule has 0 bridgehead atoms. The van der Waals surface area contributed by atoms with Gasteiger partial charge in [-0.25, -0.2) is 0 Å². The van der Waals surface area contributed by atoms with Crippen molar-refractivity contribution in [1.82, 2.24) is 9.78 Å². The highest BCUT2D eigenvalue weighted by molar-refractivity contribution is 7.87. The average molecular weight is 1410 g/mol. The molecule has 0 atom stereocenters. The van der Waals surface area contributed by atoms with E-state index in [1.165, 1.54) is 12.1 Å². The van der Waals surface area contributed by atoms with E-state index in [9.17, 15) is 116 Å². The van der Waals surface area contributed by atoms with Gasteiger partial charge in [-0.05, 0) is 78.9 Å². The molecule has 0 saturated heterocycles. The lowest BCUT2D eigenvalue weighted by atomic mass is 10.0. The fourth-order valence-electron chi connectivity index (χ4n) is 8.53. The van der Waals surface area contributed by atoms with Crippen molar-refractivity contribution in [3.05, 3.63) is 131 Å². The first kappa shape index (κ1) is 66.3. The van der Waals surface area contributed by atoms with Gasteiger partial charge >= 0.3 is 0 Å². The quantitative estimate of drug-likeness (QED) is 0.0126. The molecule has 0 unspecified atom stereocenters. The van der Waals surface area contributed by atoms with Crippen molar-refractivity contribution in [2.45, 2.75) is 34.3 Å². The number of non-ortho nitro benzene ring substituents is 1. The van der Waals surface area contributed by atoms with Gasteiger partial charge in [0.2, 0.25) is 5.88 Å². The van der Waals surface area contributed by atoms with Gasteiger partial charge in [0.1, 0.15) is 69.2 Å². The number of nitrogens with two attached hydrogens (primary N) is 1. The number of hydrogen-bond acceptors (Lipinski definition) is 29. The zero-order valence-electron chi connectivity index (χ0n) is 44.4. The molecule has 12 N–H and O–H groups in total. The van der Waals surface area contributed by atoms with Gasteiger partial charge < -0.3 is 21.1 Å². The highest BCUT2D eigenvalue weighted by Gasteiger charge is 2.32. The maximum Gasteiger partial charge on any atom is 0.297 e. The zero-order chi connectivity index (χ0) is 67.7. The van der Waals surface area contributed by atoms with Crippen molar-refractivity contribution in [3.63, 3.8) is 0 Å². The molecule has 0 aliphatic heterocycles. The standard InChI is InChI=1S/C47H32N12O26S7/c48-39-32(20-33(87(68,69)70)28-19-37(91(80,81)82)42(45(61)38(28)39)55-50-30-14-9-24(59(63)64)17-35(30)89(74,75)76)53-52-31-15-12-26-27(46(31)92(83,84)85)18-36(90(77,78)79)41(44(26)60)54-49-22-6-13-29(34(16-22)88(71,72)73)51-56-43-40(21-4-2-1-3-5-21)57-58(47(43)62)23-7-10-25(11-8-23)86(65,66)67/h1-20,60-62H,48H2,(H,65,66,67)(H,68,69,70)(H,71,72,73)(H,74,75,76)(H,77,78,79)(H,80,81,82)(H,83,84,85). The van der Waals surface area contributed by atoms with Crippen LogP contribution in [-0.2, 0) is 70.8 Å². The van der Waals surface area contributed by atoms with E-state index in [0.29, 0.717) is 48.0 Å². The Bertz CT molecular complexity index is 5680. The summed E-state index contributed by atoms with van der Waals surface area (Å²) in [6.45, 7) is 0. The lowest BCUT2D eigenvalue weighted by Crippen LogP contribution is -2.04. The average Bonchev–Trinajstić information content (AvgIpc) is 0.924. The number of rotatable bonds is 18. The molecule has 0 aliphatic carbocycles. The topological polar surface area (TPSA) is 627 Å². The van der Waals surface area contributed by atoms with Gasteiger partial charge in [0.15, 0.2) is 17.2 Å². The largest absolute Gasteiger partial charge is 0.505 e. The number of anilines is 1. The van der Waals surface area contributed by atoms with E-state index in [-0.39, 0.29) is 17.4 Å². The Morgan fingerprint density at radius 1 is 0.435 bits per heavy atom. The number of benzene rings is 8. The SMILES string of the molecule is Nc1c(N=Nc2ccc3c(O)c(N=Nc4ccc(N=Nc5c(-c6ccccc6)nn(-c6ccc(S(=O)(=O)O)cc6)c5O)c(S(=O)(=O)O)c4)c(S(=O)(=O)O)cc3c2S(=O)(=O)O)cc(S(=O)(=O)O)c2cc(S(=O)(=O)O)c(N=Nc3ccc([N+](=O)[O-])cc3S(=O)(=O)O)c(O)c12. The molecule has 1 heterocycles. The Morgan fingerprint density at radius 2 is 0.924 bits per heavy atom. The Labute approximate surface area is 513 Å². The van der Waals surface area contributed by atoms with Crippen LogP contribution >= 0.6 is 0 Å². The van der Waals surface area contributed by atoms with Crippen molar-refractivity contribution in [1.29, 1.82) is 0 Å². The number of azo groups is 4. The maximum absolute atomic E-state index is 13.2. The Kier molecular flexibility index (Phi) is 17.0. The number of hydrogen-bond donors (Lipinski definition) is 11. The molecule has 38 nitrogen and oxygen atoms in total. The minimum Gasteiger partial charge on any atom is -0.505 e. The first-order valence-electron chi connectivity index (χ1n) is 23.9. The maximum atomic E-state index is 13.2. The number of phenolic OH excluding ortho intramolecular Hbond substituents is 2. The van der Waals surface area contributed by atoms with Gasteiger partial charge in [0.25, 0.3) is 76.5 Å². The highest BCUT2D eigenvalue weighted by atomic mass is 32.2. The van der Waals surface area contributed by atoms with Crippen LogP contribution in [0, 0.1) is 10.1 Å². The normalized spacial score (nSPS) is 13.2. The third-order valence-corrected chi connectivity index (χ3v) is 18.7. The summed E-state index contributed by atoms with van der Waals surface area (Å²) in [5.41, 5.74) is -2.80. The summed E-state index contributed by atoms with van der Waals surface area (Å²) in [6.07, 6.45) is 0. The molecule has 0 saturated carbocycles. The van der Waals surface area contributed by atoms with Crippen LogP contribution in [0.4, 0.5) is 56.9 Å². The van der Waals surface area contributed by atoms with E-state index in [1.54, 1.807) is 18.2 Å². The van der Waals surface area contributed by atoms with Crippen LogP contribution in [0.3, 0.4) is 0 Å². The van der Waals surface area contributed by atoms with E-state index in [1.807, 2.05) is 0 Å². The number of nitrogen functional groups attached to an aromatic ring is 1. The Morgan fingerprint density at radius 3 is 1.47 bits per heavy atom. The van der Waals surface area contributed by atoms with Gasteiger partial charge in [-0.2, -0.15) is 73.8 Å². The fraction of sp³-hybridized carbons (Fsp3) is 0. The molecule has 8 aromatic carbocycles. The number of aromatic nitrogens is 2. The van der Waals surface area contributed by atoms with Gasteiger partial charge in [-0.3, -0.25) is 42.0 Å². The summed E-state index contributed by atoms with van der Waals surface area (Å²) in [5, 5.41) is 75.4. The second-order valence-corrected chi connectivity index (χ2v) is 28.1. The van der Waals surface area contributed by atoms with Crippen molar-refractivity contribution >= 4 is 149 Å². The molecule has 0 fully saturated rings. The third-order valence-electron chi connectivity index (χ3n) is 12.5. The zero-order valence-corrected chi connectivity index (χ0v) is 50.1. The van der Waals surface area contributed by atoms with Crippen molar-refractivity contribution in [2.24, 2.45) is 40.9 Å². The molecule has 0 radical (unpaired) electrons. The summed E-state index contributed by atoms with van der Waals surface area (Å²) >= 11 is 0. The van der Waals surface area contributed by atoms with Crippen LogP contribution < -0.4 is 5.73 Å². The van der Waals surface area contributed by atoms with Crippen LogP contribution in [0.1, 0.15) is 0 Å². The highest BCUT2D eigenvalue weighted by Crippen LogP contribution is 2.51. The van der Waals surface area contributed by atoms with Gasteiger partial charge in [0, 0.05) is 33.9 Å². The molecule has 45 heteroatoms. The Hall–Kier alpha value is -10.1. The summed E-state index contributed by atoms with van der Waals surface area (Å²) in [7, 11) is -38.3. The molecule has 92 heavy (non-hydrogen) atoms. The first-order chi connectivity index (χ1) is 42.5. The lowest BCUT2D eigenvalue weighted by molar-refractivity contribution is -0.385. The summed E-state index contributed by atoms with van der Waals surface area (Å²) in [4.78, 5) is 1.40. The smallest absolute Gasteiger partial charge is 0.297 e. The van der Waals surface area contributed by atoms with Gasteiger partial charge in [-0.15, -0.1) is 35.8 Å². The lowest BCUT2D eigenvalue weighted by Gasteiger charge is -2.15. The van der Waals surface area contributed by atoms with Crippen LogP contribution in [0.15, 0.2) is 197 Å². The molecular formula is C47H32N12O26S7. The summed E-state index contributed by atoms with van der Waals surface area (Å²) < 4.78 is 248. The molecule has 0 aliphatic rings. The predicted molar refractivity (Wildman–Crippen MR) is 311 cm³/mol. The number of aromatic hydroxyl groups is 3. The third kappa shape index (κ3) is 13.4. The molecule has 9 aromatic rings. The summed E-state index contributed by atoms with van der Waals surface area (Å²) in [6, 6.07) is 18.3. The fourth-order valence-corrected chi connectivity index (χ4v) is 13.1. The molecule has 1 aromatic heterocycles. The molecule has 9 rings (SSSR count). The number of nitro groups is 1. The molecule has 478 valence electrons. The second kappa shape index (κ2) is 23.6. The Balaban J connectivity index is 1.13. The predicted octanol–water partition coefficient (Wildman–Crippen LogP) is 8.84. The van der Waals surface area contributed by atoms with Crippen LogP contribution in [0.5, 0.6) is 17.4 Å². The molecular weight excluding hydrogens is 1370 g/mol. The molecule has 0 spiro atoms. The van der Waals surface area contributed by atoms with E-state index in [2.05, 4.69) is 46.0 Å². The van der Waals surface area contributed by atoms with E-state index in [4.69, 9.17) is 5.73 Å². The van der Waals surface area contributed by atoms with Crippen molar-refractivity contribution < 1.29 is 111 Å². The first-order valence-corrected chi connectivity index (χ1v) is 34.0. The van der Waals surface area contributed by atoms with Crippen LogP contribution in [0.25, 0.3) is 38.5 Å². The minimum atomic E-state index is -5.78.